The number of ether oxygens (including phenoxy) is 1. The van der Waals surface area contributed by atoms with Crippen molar-refractivity contribution in [1.82, 2.24) is 5.32 Å². The summed E-state index contributed by atoms with van der Waals surface area (Å²) >= 11 is 0. The molecule has 0 amide bonds. The van der Waals surface area contributed by atoms with Crippen molar-refractivity contribution in [3.8, 4) is 0 Å². The van der Waals surface area contributed by atoms with E-state index in [1.807, 2.05) is 26.1 Å². The fourth-order valence-corrected chi connectivity index (χ4v) is 1.76. The highest BCUT2D eigenvalue weighted by molar-refractivity contribution is 5.33. The molecule has 0 saturated carbocycles. The Hall–Kier alpha value is -1.46. The quantitative estimate of drug-likeness (QED) is 0.437. The molecule has 0 aromatic heterocycles. The third-order valence-corrected chi connectivity index (χ3v) is 2.85. The lowest BCUT2D eigenvalue weighted by Gasteiger charge is -2.15. The maximum absolute atomic E-state index is 10.5. The van der Waals surface area contributed by atoms with Gasteiger partial charge in [0.25, 0.3) is 5.69 Å². The van der Waals surface area contributed by atoms with E-state index in [-0.39, 0.29) is 10.6 Å². The van der Waals surface area contributed by atoms with Crippen molar-refractivity contribution in [2.45, 2.75) is 25.8 Å². The lowest BCUT2D eigenvalue weighted by Crippen LogP contribution is -2.29. The van der Waals surface area contributed by atoms with Gasteiger partial charge in [0.05, 0.1) is 4.92 Å². The van der Waals surface area contributed by atoms with Gasteiger partial charge in [0.15, 0.2) is 0 Å². The monoisotopic (exact) mass is 252 g/mol. The van der Waals surface area contributed by atoms with Crippen LogP contribution < -0.4 is 5.32 Å². The van der Waals surface area contributed by atoms with Crippen LogP contribution in [0.2, 0.25) is 0 Å². The Balaban J connectivity index is 2.50. The summed E-state index contributed by atoms with van der Waals surface area (Å²) in [5.74, 6) is 0. The molecular weight excluding hydrogens is 232 g/mol. The van der Waals surface area contributed by atoms with Crippen molar-refractivity contribution in [2.24, 2.45) is 0 Å². The van der Waals surface area contributed by atoms with Crippen LogP contribution in [-0.2, 0) is 11.2 Å². The first-order chi connectivity index (χ1) is 8.67. The van der Waals surface area contributed by atoms with Gasteiger partial charge in [-0.25, -0.2) is 0 Å². The molecule has 1 atom stereocenters. The highest BCUT2D eigenvalue weighted by Crippen LogP contribution is 2.13. The number of nitrogens with zero attached hydrogens (tertiary/aromatic N) is 1. The van der Waals surface area contributed by atoms with Gasteiger partial charge < -0.3 is 10.1 Å². The minimum absolute atomic E-state index is 0.133. The number of hydrogen-bond acceptors (Lipinski definition) is 4. The number of hydrogen-bond donors (Lipinski definition) is 1. The molecule has 1 unspecified atom stereocenters. The molecule has 18 heavy (non-hydrogen) atoms. The van der Waals surface area contributed by atoms with E-state index in [1.54, 1.807) is 12.1 Å². The molecule has 0 saturated heterocycles. The molecule has 1 aromatic rings. The summed E-state index contributed by atoms with van der Waals surface area (Å²) in [7, 11) is 1.92. The molecule has 100 valence electrons. The number of likely N-dealkylation sites (N-methyl/N-ethyl adjacent to an activating group) is 1. The van der Waals surface area contributed by atoms with Gasteiger partial charge in [-0.3, -0.25) is 10.1 Å². The van der Waals surface area contributed by atoms with Gasteiger partial charge in [-0.1, -0.05) is 12.1 Å². The highest BCUT2D eigenvalue weighted by Gasteiger charge is 2.09. The highest BCUT2D eigenvalue weighted by atomic mass is 16.6. The summed E-state index contributed by atoms with van der Waals surface area (Å²) < 4.78 is 5.32. The molecule has 5 nitrogen and oxygen atoms in total. The average molecular weight is 252 g/mol. The SMILES string of the molecule is CCOCCC(Cc1ccc([N+](=O)[O-])cc1)NC. The van der Waals surface area contributed by atoms with Crippen LogP contribution in [0.5, 0.6) is 0 Å². The first kappa shape index (κ1) is 14.6. The largest absolute Gasteiger partial charge is 0.382 e. The molecule has 1 aromatic carbocycles. The molecule has 0 bridgehead atoms. The van der Waals surface area contributed by atoms with Crippen LogP contribution in [0.3, 0.4) is 0 Å². The third-order valence-electron chi connectivity index (χ3n) is 2.85. The number of rotatable bonds is 8. The van der Waals surface area contributed by atoms with Crippen LogP contribution in [0.4, 0.5) is 5.69 Å². The Morgan fingerprint density at radius 3 is 2.56 bits per heavy atom. The van der Waals surface area contributed by atoms with Crippen LogP contribution in [0.15, 0.2) is 24.3 Å². The van der Waals surface area contributed by atoms with Gasteiger partial charge in [-0.15, -0.1) is 0 Å². The lowest BCUT2D eigenvalue weighted by molar-refractivity contribution is -0.384. The molecule has 0 heterocycles. The van der Waals surface area contributed by atoms with Crippen molar-refractivity contribution >= 4 is 5.69 Å². The summed E-state index contributed by atoms with van der Waals surface area (Å²) in [6, 6.07) is 7.04. The average Bonchev–Trinajstić information content (AvgIpc) is 2.38. The number of nitro benzene ring substituents is 1. The zero-order valence-electron chi connectivity index (χ0n) is 10.9. The van der Waals surface area contributed by atoms with E-state index in [4.69, 9.17) is 4.74 Å². The first-order valence-corrected chi connectivity index (χ1v) is 6.15. The van der Waals surface area contributed by atoms with Crippen LogP contribution in [0.25, 0.3) is 0 Å². The molecule has 0 aliphatic carbocycles. The predicted octanol–water partition coefficient (Wildman–Crippen LogP) is 2.15. The van der Waals surface area contributed by atoms with E-state index >= 15 is 0 Å². The summed E-state index contributed by atoms with van der Waals surface area (Å²) in [4.78, 5) is 10.2. The minimum atomic E-state index is -0.381. The van der Waals surface area contributed by atoms with E-state index in [9.17, 15) is 10.1 Å². The topological polar surface area (TPSA) is 64.4 Å². The molecule has 0 aliphatic heterocycles. The lowest BCUT2D eigenvalue weighted by atomic mass is 10.0. The molecule has 1 rings (SSSR count). The molecular formula is C13H20N2O3. The van der Waals surface area contributed by atoms with E-state index < -0.39 is 0 Å². The summed E-state index contributed by atoms with van der Waals surface area (Å²) in [5, 5.41) is 13.8. The minimum Gasteiger partial charge on any atom is -0.382 e. The molecule has 0 fully saturated rings. The Morgan fingerprint density at radius 1 is 1.39 bits per heavy atom. The maximum Gasteiger partial charge on any atom is 0.269 e. The van der Waals surface area contributed by atoms with Gasteiger partial charge in [0, 0.05) is 31.4 Å². The molecule has 0 spiro atoms. The van der Waals surface area contributed by atoms with E-state index in [0.717, 1.165) is 31.6 Å². The fraction of sp³-hybridized carbons (Fsp3) is 0.538. The summed E-state index contributed by atoms with van der Waals surface area (Å²) in [5.41, 5.74) is 1.23. The smallest absolute Gasteiger partial charge is 0.269 e. The van der Waals surface area contributed by atoms with Crippen molar-refractivity contribution in [1.29, 1.82) is 0 Å². The normalized spacial score (nSPS) is 12.3. The van der Waals surface area contributed by atoms with Crippen LogP contribution in [-0.4, -0.2) is 31.2 Å². The third kappa shape index (κ3) is 4.81. The number of nitro groups is 1. The second kappa shape index (κ2) is 7.79. The Kier molecular flexibility index (Phi) is 6.32. The van der Waals surface area contributed by atoms with Crippen LogP contribution in [0, 0.1) is 10.1 Å². The summed E-state index contributed by atoms with van der Waals surface area (Å²) in [6.45, 7) is 3.44. The van der Waals surface area contributed by atoms with E-state index in [1.165, 1.54) is 0 Å². The number of non-ortho nitro benzene ring substituents is 1. The number of benzene rings is 1. The second-order valence-electron chi connectivity index (χ2n) is 4.10. The predicted molar refractivity (Wildman–Crippen MR) is 70.8 cm³/mol. The van der Waals surface area contributed by atoms with Gasteiger partial charge in [0.1, 0.15) is 0 Å². The Morgan fingerprint density at radius 2 is 2.06 bits per heavy atom. The van der Waals surface area contributed by atoms with Crippen molar-refractivity contribution in [2.75, 3.05) is 20.3 Å². The van der Waals surface area contributed by atoms with Crippen LogP contribution >= 0.6 is 0 Å². The first-order valence-electron chi connectivity index (χ1n) is 6.15. The fourth-order valence-electron chi connectivity index (χ4n) is 1.76. The Bertz CT molecular complexity index is 365. The zero-order chi connectivity index (χ0) is 13.4. The zero-order valence-corrected chi connectivity index (χ0v) is 10.9. The number of nitrogens with one attached hydrogen (secondary N) is 1. The van der Waals surface area contributed by atoms with Crippen molar-refractivity contribution in [3.05, 3.63) is 39.9 Å². The van der Waals surface area contributed by atoms with E-state index in [0.29, 0.717) is 6.04 Å². The van der Waals surface area contributed by atoms with Gasteiger partial charge in [-0.2, -0.15) is 0 Å². The van der Waals surface area contributed by atoms with Gasteiger partial charge in [-0.05, 0) is 32.4 Å². The summed E-state index contributed by atoms with van der Waals surface area (Å²) in [6.07, 6.45) is 1.78. The van der Waals surface area contributed by atoms with Crippen LogP contribution in [0.1, 0.15) is 18.9 Å². The van der Waals surface area contributed by atoms with E-state index in [2.05, 4.69) is 5.32 Å². The molecule has 5 heteroatoms. The van der Waals surface area contributed by atoms with Gasteiger partial charge >= 0.3 is 0 Å². The standard InChI is InChI=1S/C13H20N2O3/c1-3-18-9-8-12(14-2)10-11-4-6-13(7-5-11)15(16)17/h4-7,12,14H,3,8-10H2,1-2H3. The maximum atomic E-state index is 10.5. The second-order valence-corrected chi connectivity index (χ2v) is 4.10. The molecule has 1 N–H and O–H groups in total. The van der Waals surface area contributed by atoms with Crippen molar-refractivity contribution in [3.63, 3.8) is 0 Å². The molecule has 0 aliphatic rings. The van der Waals surface area contributed by atoms with Crippen molar-refractivity contribution < 1.29 is 9.66 Å². The van der Waals surface area contributed by atoms with Gasteiger partial charge in [0.2, 0.25) is 0 Å². The molecule has 0 radical (unpaired) electrons. The Labute approximate surface area is 107 Å².